The maximum atomic E-state index is 10.2. The van der Waals surface area contributed by atoms with Crippen molar-refractivity contribution in [3.8, 4) is 0 Å². The van der Waals surface area contributed by atoms with E-state index in [9.17, 15) is 4.79 Å². The van der Waals surface area contributed by atoms with E-state index >= 15 is 0 Å². The number of hydrogen-bond donors (Lipinski definition) is 3. The molecule has 1 aromatic carbocycles. The van der Waals surface area contributed by atoms with E-state index in [1.807, 2.05) is 0 Å². The maximum absolute atomic E-state index is 10.2. The lowest BCUT2D eigenvalue weighted by atomic mass is 10.2. The predicted octanol–water partition coefficient (Wildman–Crippen LogP) is 2.55. The fourth-order valence-corrected chi connectivity index (χ4v) is 0.581. The van der Waals surface area contributed by atoms with Crippen LogP contribution in [0.3, 0.4) is 0 Å². The standard InChI is InChI=1S/C7H6O2.2ClH.2H3N/c8-7(9)6-4-2-1-3-5-6;;;;/h1-5H,(H,8,9);2*1H;2*1H3. The van der Waals surface area contributed by atoms with Crippen molar-refractivity contribution in [2.75, 3.05) is 0 Å². The smallest absolute Gasteiger partial charge is 0.335 e. The molecule has 0 saturated heterocycles. The van der Waals surface area contributed by atoms with Gasteiger partial charge in [0.15, 0.2) is 0 Å². The van der Waals surface area contributed by atoms with Gasteiger partial charge in [-0.1, -0.05) is 18.2 Å². The van der Waals surface area contributed by atoms with E-state index in [0.29, 0.717) is 5.56 Å². The summed E-state index contributed by atoms with van der Waals surface area (Å²) in [6.07, 6.45) is 0. The highest BCUT2D eigenvalue weighted by Gasteiger charge is 1.96. The molecular formula is C7H14Cl2N2O2. The number of rotatable bonds is 1. The average Bonchev–Trinajstić information content (AvgIpc) is 1.90. The van der Waals surface area contributed by atoms with Crippen LogP contribution in [-0.2, 0) is 0 Å². The number of carboxylic acids is 1. The fourth-order valence-electron chi connectivity index (χ4n) is 0.581. The topological polar surface area (TPSA) is 107 Å². The summed E-state index contributed by atoms with van der Waals surface area (Å²) >= 11 is 0. The SMILES string of the molecule is Cl.Cl.N.N.O=C(O)c1ccccc1. The molecule has 13 heavy (non-hydrogen) atoms. The second kappa shape index (κ2) is 11.2. The summed E-state index contributed by atoms with van der Waals surface area (Å²) in [5.74, 6) is -0.879. The lowest BCUT2D eigenvalue weighted by Crippen LogP contribution is -1.93. The summed E-state index contributed by atoms with van der Waals surface area (Å²) in [6.45, 7) is 0. The molecule has 0 spiro atoms. The molecule has 1 rings (SSSR count). The van der Waals surface area contributed by atoms with E-state index in [2.05, 4.69) is 0 Å². The Balaban J connectivity index is -0.000000101. The lowest BCUT2D eigenvalue weighted by molar-refractivity contribution is 0.0697. The molecule has 0 aliphatic carbocycles. The van der Waals surface area contributed by atoms with Crippen LogP contribution in [0, 0.1) is 0 Å². The van der Waals surface area contributed by atoms with E-state index in [0.717, 1.165) is 0 Å². The van der Waals surface area contributed by atoms with E-state index in [-0.39, 0.29) is 37.1 Å². The second-order valence-electron chi connectivity index (χ2n) is 1.67. The van der Waals surface area contributed by atoms with Gasteiger partial charge in [-0.25, -0.2) is 4.79 Å². The first-order chi connectivity index (χ1) is 4.30. The van der Waals surface area contributed by atoms with Crippen molar-refractivity contribution >= 4 is 30.8 Å². The highest BCUT2D eigenvalue weighted by Crippen LogP contribution is 1.96. The van der Waals surface area contributed by atoms with Gasteiger partial charge < -0.3 is 17.4 Å². The van der Waals surface area contributed by atoms with Gasteiger partial charge in [0, 0.05) is 0 Å². The first-order valence-electron chi connectivity index (χ1n) is 2.59. The Morgan fingerprint density at radius 2 is 1.38 bits per heavy atom. The lowest BCUT2D eigenvalue weighted by Gasteiger charge is -1.88. The Bertz CT molecular complexity index is 219. The summed E-state index contributed by atoms with van der Waals surface area (Å²) in [7, 11) is 0. The van der Waals surface area contributed by atoms with Gasteiger partial charge in [-0.05, 0) is 12.1 Å². The number of carboxylic acid groups (broad SMARTS) is 1. The number of benzene rings is 1. The third-order valence-corrected chi connectivity index (χ3v) is 1.02. The third kappa shape index (κ3) is 7.55. The van der Waals surface area contributed by atoms with E-state index in [4.69, 9.17) is 5.11 Å². The molecule has 0 atom stereocenters. The number of aromatic carboxylic acids is 1. The van der Waals surface area contributed by atoms with E-state index in [1.54, 1.807) is 30.3 Å². The highest BCUT2D eigenvalue weighted by molar-refractivity contribution is 5.87. The molecule has 0 unspecified atom stereocenters. The van der Waals surface area contributed by atoms with Crippen LogP contribution < -0.4 is 12.3 Å². The fraction of sp³-hybridized carbons (Fsp3) is 0. The Morgan fingerprint density at radius 1 is 1.00 bits per heavy atom. The first kappa shape index (κ1) is 22.8. The first-order valence-corrected chi connectivity index (χ1v) is 2.59. The molecule has 0 heterocycles. The Hall–Kier alpha value is -0.810. The van der Waals surface area contributed by atoms with Gasteiger partial charge in [0.05, 0.1) is 5.56 Å². The average molecular weight is 229 g/mol. The van der Waals surface area contributed by atoms with Crippen LogP contribution >= 0.6 is 24.8 Å². The Labute approximate surface area is 89.3 Å². The Morgan fingerprint density at radius 3 is 1.62 bits per heavy atom. The van der Waals surface area contributed by atoms with Crippen molar-refractivity contribution in [1.82, 2.24) is 12.3 Å². The highest BCUT2D eigenvalue weighted by atomic mass is 35.5. The zero-order valence-corrected chi connectivity index (χ0v) is 8.61. The van der Waals surface area contributed by atoms with Crippen molar-refractivity contribution < 1.29 is 9.90 Å². The van der Waals surface area contributed by atoms with Crippen LogP contribution in [0.4, 0.5) is 0 Å². The van der Waals surface area contributed by atoms with Gasteiger partial charge in [-0.2, -0.15) is 0 Å². The molecule has 0 aliphatic heterocycles. The number of carbonyl (C=O) groups is 1. The summed E-state index contributed by atoms with van der Waals surface area (Å²) in [5.41, 5.74) is 0.331. The molecule has 6 heteroatoms. The van der Waals surface area contributed by atoms with Crippen molar-refractivity contribution in [3.63, 3.8) is 0 Å². The third-order valence-electron chi connectivity index (χ3n) is 1.02. The maximum Gasteiger partial charge on any atom is 0.335 e. The van der Waals surface area contributed by atoms with Crippen molar-refractivity contribution in [3.05, 3.63) is 35.9 Å². The molecule has 1 aromatic rings. The molecule has 0 aromatic heterocycles. The van der Waals surface area contributed by atoms with Gasteiger partial charge in [0.1, 0.15) is 0 Å². The van der Waals surface area contributed by atoms with Crippen molar-refractivity contribution in [2.45, 2.75) is 0 Å². The van der Waals surface area contributed by atoms with Gasteiger partial charge in [0.25, 0.3) is 0 Å². The molecule has 0 saturated carbocycles. The monoisotopic (exact) mass is 228 g/mol. The molecule has 0 fully saturated rings. The molecule has 0 aliphatic rings. The van der Waals surface area contributed by atoms with Crippen LogP contribution in [-0.4, -0.2) is 11.1 Å². The van der Waals surface area contributed by atoms with Crippen LogP contribution in [0.2, 0.25) is 0 Å². The minimum atomic E-state index is -0.879. The van der Waals surface area contributed by atoms with E-state index < -0.39 is 5.97 Å². The minimum absolute atomic E-state index is 0. The zero-order chi connectivity index (χ0) is 6.69. The summed E-state index contributed by atoms with van der Waals surface area (Å²) < 4.78 is 0. The number of halogens is 2. The van der Waals surface area contributed by atoms with Crippen LogP contribution in [0.25, 0.3) is 0 Å². The summed E-state index contributed by atoms with van der Waals surface area (Å²) in [6, 6.07) is 8.30. The van der Waals surface area contributed by atoms with Crippen LogP contribution in [0.5, 0.6) is 0 Å². The van der Waals surface area contributed by atoms with Crippen LogP contribution in [0.15, 0.2) is 30.3 Å². The van der Waals surface area contributed by atoms with Gasteiger partial charge in [-0.3, -0.25) is 0 Å². The Kier molecular flexibility index (Phi) is 19.6. The summed E-state index contributed by atoms with van der Waals surface area (Å²) in [5, 5.41) is 8.38. The minimum Gasteiger partial charge on any atom is -0.478 e. The molecule has 0 bridgehead atoms. The summed E-state index contributed by atoms with van der Waals surface area (Å²) in [4.78, 5) is 10.2. The van der Waals surface area contributed by atoms with Crippen molar-refractivity contribution in [2.24, 2.45) is 0 Å². The second-order valence-corrected chi connectivity index (χ2v) is 1.67. The van der Waals surface area contributed by atoms with Gasteiger partial charge >= 0.3 is 5.97 Å². The molecule has 0 amide bonds. The molecule has 0 radical (unpaired) electrons. The van der Waals surface area contributed by atoms with Crippen molar-refractivity contribution in [1.29, 1.82) is 0 Å². The van der Waals surface area contributed by atoms with Crippen LogP contribution in [0.1, 0.15) is 10.4 Å². The zero-order valence-electron chi connectivity index (χ0n) is 6.97. The predicted molar refractivity (Wildman–Crippen MR) is 57.9 cm³/mol. The molecule has 4 nitrogen and oxygen atoms in total. The quantitative estimate of drug-likeness (QED) is 0.687. The largest absolute Gasteiger partial charge is 0.478 e. The molecular weight excluding hydrogens is 215 g/mol. The molecule has 78 valence electrons. The van der Waals surface area contributed by atoms with Gasteiger partial charge in [-0.15, -0.1) is 24.8 Å². The normalized spacial score (nSPS) is 6.15. The van der Waals surface area contributed by atoms with E-state index in [1.165, 1.54) is 0 Å². The molecule has 7 N–H and O–H groups in total. The number of hydrogen-bond acceptors (Lipinski definition) is 3. The van der Waals surface area contributed by atoms with Gasteiger partial charge in [0.2, 0.25) is 0 Å².